The summed E-state index contributed by atoms with van der Waals surface area (Å²) in [5.41, 5.74) is 6.66. The number of carbonyl (C=O) groups is 1. The molecule has 6 atom stereocenters. The largest absolute Gasteiger partial charge is 0.392 e. The van der Waals surface area contributed by atoms with Crippen molar-refractivity contribution in [1.29, 1.82) is 0 Å². The van der Waals surface area contributed by atoms with Crippen molar-refractivity contribution < 1.29 is 15.0 Å². The first-order valence-corrected chi connectivity index (χ1v) is 10.9. The smallest absolute Gasteiger partial charge is 0.217 e. The summed E-state index contributed by atoms with van der Waals surface area (Å²) >= 11 is 0. The third-order valence-electron chi connectivity index (χ3n) is 6.37. The van der Waals surface area contributed by atoms with Crippen LogP contribution in [0.1, 0.15) is 78.1 Å². The number of carbonyl (C=O) groups excluding carboxylic acids is 1. The number of nitrogens with two attached hydrogens (primary N) is 1. The maximum Gasteiger partial charge on any atom is 0.217 e. The summed E-state index contributed by atoms with van der Waals surface area (Å²) in [6.45, 7) is 4.40. The molecule has 2 aliphatic carbocycles. The minimum atomic E-state index is -0.411. The Labute approximate surface area is 164 Å². The van der Waals surface area contributed by atoms with E-state index < -0.39 is 6.10 Å². The van der Waals surface area contributed by atoms with Crippen LogP contribution in [0.2, 0.25) is 0 Å². The first-order valence-electron chi connectivity index (χ1n) is 10.9. The van der Waals surface area contributed by atoms with Gasteiger partial charge in [0.15, 0.2) is 0 Å². The van der Waals surface area contributed by atoms with E-state index in [0.717, 1.165) is 38.5 Å². The van der Waals surface area contributed by atoms with Gasteiger partial charge >= 0.3 is 0 Å². The Morgan fingerprint density at radius 3 is 2.85 bits per heavy atom. The molecule has 0 saturated heterocycles. The lowest BCUT2D eigenvalue weighted by atomic mass is 9.88. The standard InChI is InChI=1S/C23H39NO3/c1-3-4-7-16(2)12-19(25)10-11-20-21-14-17(8-5-6-9-23(24)27)13-18(21)15-22(20)26/h10-11,13,16,18-22,25-26H,3-9,12,14-15H2,1-2H3,(H2,24,27)/b11-10+/t16-,18+,19-,20-,21+,22-/m1/s1. The fourth-order valence-electron chi connectivity index (χ4n) is 4.86. The van der Waals surface area contributed by atoms with Crippen LogP contribution in [-0.2, 0) is 4.79 Å². The quantitative estimate of drug-likeness (QED) is 0.353. The van der Waals surface area contributed by atoms with Crippen molar-refractivity contribution in [3.63, 3.8) is 0 Å². The van der Waals surface area contributed by atoms with Gasteiger partial charge in [0, 0.05) is 12.3 Å². The summed E-state index contributed by atoms with van der Waals surface area (Å²) < 4.78 is 0. The van der Waals surface area contributed by atoms with Crippen LogP contribution in [0.4, 0.5) is 0 Å². The average Bonchev–Trinajstić information content (AvgIpc) is 3.11. The van der Waals surface area contributed by atoms with Crippen molar-refractivity contribution in [1.82, 2.24) is 0 Å². The van der Waals surface area contributed by atoms with E-state index in [-0.39, 0.29) is 17.9 Å². The molecule has 1 amide bonds. The molecule has 2 aliphatic rings. The van der Waals surface area contributed by atoms with Gasteiger partial charge < -0.3 is 15.9 Å². The van der Waals surface area contributed by atoms with Crippen LogP contribution in [0.5, 0.6) is 0 Å². The summed E-state index contributed by atoms with van der Waals surface area (Å²) in [4.78, 5) is 10.8. The van der Waals surface area contributed by atoms with Gasteiger partial charge in [-0.1, -0.05) is 56.9 Å². The predicted molar refractivity (Wildman–Crippen MR) is 110 cm³/mol. The zero-order valence-electron chi connectivity index (χ0n) is 17.1. The second-order valence-corrected chi connectivity index (χ2v) is 8.85. The van der Waals surface area contributed by atoms with E-state index in [1.54, 1.807) is 0 Å². The SMILES string of the molecule is CCCC[C@@H](C)C[C@H](O)/C=C/[C@@H]1[C@H]2CC(CCCCC(N)=O)=C[C@H]2C[C@H]1O. The van der Waals surface area contributed by atoms with Crippen LogP contribution in [0.3, 0.4) is 0 Å². The Morgan fingerprint density at radius 1 is 1.37 bits per heavy atom. The first-order chi connectivity index (χ1) is 12.9. The zero-order valence-corrected chi connectivity index (χ0v) is 17.1. The van der Waals surface area contributed by atoms with Gasteiger partial charge in [0.05, 0.1) is 12.2 Å². The molecule has 1 fully saturated rings. The van der Waals surface area contributed by atoms with Crippen molar-refractivity contribution in [2.75, 3.05) is 0 Å². The summed E-state index contributed by atoms with van der Waals surface area (Å²) in [5, 5.41) is 20.8. The maximum atomic E-state index is 10.8. The Hall–Kier alpha value is -1.13. The van der Waals surface area contributed by atoms with Gasteiger partial charge in [0.1, 0.15) is 0 Å². The molecule has 27 heavy (non-hydrogen) atoms. The van der Waals surface area contributed by atoms with E-state index in [0.29, 0.717) is 24.2 Å². The second kappa shape index (κ2) is 11.0. The molecule has 0 heterocycles. The number of hydrogen-bond acceptors (Lipinski definition) is 3. The molecule has 2 rings (SSSR count). The fourth-order valence-corrected chi connectivity index (χ4v) is 4.86. The molecule has 4 heteroatoms. The zero-order chi connectivity index (χ0) is 19.8. The van der Waals surface area contributed by atoms with Gasteiger partial charge in [-0.3, -0.25) is 4.79 Å². The highest BCUT2D eigenvalue weighted by atomic mass is 16.3. The fraction of sp³-hybridized carbons (Fsp3) is 0.783. The van der Waals surface area contributed by atoms with E-state index in [9.17, 15) is 15.0 Å². The molecule has 0 aromatic carbocycles. The number of fused-ring (bicyclic) bond motifs is 1. The molecule has 4 nitrogen and oxygen atoms in total. The van der Waals surface area contributed by atoms with E-state index >= 15 is 0 Å². The van der Waals surface area contributed by atoms with Crippen LogP contribution in [0.15, 0.2) is 23.8 Å². The number of unbranched alkanes of at least 4 members (excludes halogenated alkanes) is 2. The number of aliphatic hydroxyl groups is 2. The topological polar surface area (TPSA) is 83.5 Å². The summed E-state index contributed by atoms with van der Waals surface area (Å²) in [6.07, 6.45) is 15.3. The molecular weight excluding hydrogens is 338 g/mol. The molecule has 0 radical (unpaired) electrons. The summed E-state index contributed by atoms with van der Waals surface area (Å²) in [5.74, 6) is 1.39. The molecule has 0 aromatic heterocycles. The molecule has 0 aliphatic heterocycles. The average molecular weight is 378 g/mol. The lowest BCUT2D eigenvalue weighted by Crippen LogP contribution is -2.18. The van der Waals surface area contributed by atoms with Gasteiger partial charge in [-0.05, 0) is 56.3 Å². The number of allylic oxidation sites excluding steroid dienone is 2. The third-order valence-corrected chi connectivity index (χ3v) is 6.37. The number of hydrogen-bond donors (Lipinski definition) is 3. The molecule has 0 spiro atoms. The van der Waals surface area contributed by atoms with Crippen LogP contribution < -0.4 is 5.73 Å². The van der Waals surface area contributed by atoms with E-state index in [1.165, 1.54) is 24.8 Å². The number of rotatable bonds is 12. The number of aliphatic hydroxyl groups excluding tert-OH is 2. The Bertz CT molecular complexity index is 528. The highest BCUT2D eigenvalue weighted by molar-refractivity contribution is 5.73. The Kier molecular flexibility index (Phi) is 9.04. The van der Waals surface area contributed by atoms with Crippen LogP contribution in [0.25, 0.3) is 0 Å². The third kappa shape index (κ3) is 7.08. The van der Waals surface area contributed by atoms with Gasteiger partial charge in [-0.2, -0.15) is 0 Å². The Balaban J connectivity index is 1.79. The molecule has 0 aromatic rings. The van der Waals surface area contributed by atoms with Crippen molar-refractivity contribution >= 4 is 5.91 Å². The van der Waals surface area contributed by atoms with E-state index in [2.05, 4.69) is 26.0 Å². The van der Waals surface area contributed by atoms with Crippen molar-refractivity contribution in [2.45, 2.75) is 90.3 Å². The lowest BCUT2D eigenvalue weighted by Gasteiger charge is -2.19. The highest BCUT2D eigenvalue weighted by Crippen LogP contribution is 2.48. The molecule has 0 bridgehead atoms. The first kappa shape index (κ1) is 22.2. The lowest BCUT2D eigenvalue weighted by molar-refractivity contribution is -0.118. The van der Waals surface area contributed by atoms with E-state index in [4.69, 9.17) is 5.73 Å². The number of primary amides is 1. The van der Waals surface area contributed by atoms with Crippen LogP contribution >= 0.6 is 0 Å². The molecular formula is C23H39NO3. The molecule has 4 N–H and O–H groups in total. The highest BCUT2D eigenvalue weighted by Gasteiger charge is 2.43. The van der Waals surface area contributed by atoms with Crippen molar-refractivity contribution in [3.8, 4) is 0 Å². The summed E-state index contributed by atoms with van der Waals surface area (Å²) in [6, 6.07) is 0. The van der Waals surface area contributed by atoms with Gasteiger partial charge in [-0.25, -0.2) is 0 Å². The molecule has 1 saturated carbocycles. The molecule has 0 unspecified atom stereocenters. The predicted octanol–water partition coefficient (Wildman–Crippen LogP) is 4.11. The van der Waals surface area contributed by atoms with Crippen molar-refractivity contribution in [2.24, 2.45) is 29.4 Å². The number of amides is 1. The maximum absolute atomic E-state index is 10.8. The minimum absolute atomic E-state index is 0.148. The summed E-state index contributed by atoms with van der Waals surface area (Å²) in [7, 11) is 0. The van der Waals surface area contributed by atoms with E-state index in [1.807, 2.05) is 6.08 Å². The van der Waals surface area contributed by atoms with Crippen LogP contribution in [-0.4, -0.2) is 28.3 Å². The molecule has 154 valence electrons. The monoisotopic (exact) mass is 377 g/mol. The minimum Gasteiger partial charge on any atom is -0.392 e. The van der Waals surface area contributed by atoms with Crippen LogP contribution in [0, 0.1) is 23.7 Å². The normalized spacial score (nSPS) is 29.7. The van der Waals surface area contributed by atoms with Crippen molar-refractivity contribution in [3.05, 3.63) is 23.8 Å². The Morgan fingerprint density at radius 2 is 2.15 bits per heavy atom. The van der Waals surface area contributed by atoms with Gasteiger partial charge in [-0.15, -0.1) is 0 Å². The van der Waals surface area contributed by atoms with Gasteiger partial charge in [0.25, 0.3) is 0 Å². The van der Waals surface area contributed by atoms with Gasteiger partial charge in [0.2, 0.25) is 5.91 Å². The second-order valence-electron chi connectivity index (χ2n) is 8.85.